The minimum absolute atomic E-state index is 0.0558. The lowest BCUT2D eigenvalue weighted by Crippen LogP contribution is -1.96. The van der Waals surface area contributed by atoms with Crippen molar-refractivity contribution < 1.29 is 9.66 Å². The summed E-state index contributed by atoms with van der Waals surface area (Å²) in [6, 6.07) is 17.6. The number of benzene rings is 2. The molecule has 0 saturated heterocycles. The van der Waals surface area contributed by atoms with Crippen molar-refractivity contribution in [3.05, 3.63) is 77.0 Å². The van der Waals surface area contributed by atoms with Crippen LogP contribution >= 0.6 is 0 Å². The third kappa shape index (κ3) is 3.33. The third-order valence-electron chi connectivity index (χ3n) is 3.52. The number of ether oxygens (including phenoxy) is 1. The Morgan fingerprint density at radius 1 is 1.08 bits per heavy atom. The number of hydrogen-bond donors (Lipinski definition) is 1. The lowest BCUT2D eigenvalue weighted by Gasteiger charge is -2.13. The Morgan fingerprint density at radius 3 is 2.50 bits per heavy atom. The number of pyridine rings is 1. The number of nitrogens with zero attached hydrogens (tertiary/aromatic N) is 2. The van der Waals surface area contributed by atoms with Crippen LogP contribution in [0, 0.1) is 10.1 Å². The molecule has 1 aromatic heterocycles. The van der Waals surface area contributed by atoms with E-state index in [4.69, 9.17) is 4.74 Å². The molecule has 3 rings (SSSR count). The number of non-ortho nitro benzene ring substituents is 1. The molecule has 0 bridgehead atoms. The van der Waals surface area contributed by atoms with Crippen LogP contribution in [-0.4, -0.2) is 17.0 Å². The fourth-order valence-corrected chi connectivity index (χ4v) is 2.32. The molecule has 0 aliphatic carbocycles. The molecule has 2 aromatic carbocycles. The minimum atomic E-state index is -0.420. The molecule has 0 fully saturated rings. The van der Waals surface area contributed by atoms with Crippen molar-refractivity contribution in [1.29, 1.82) is 0 Å². The summed E-state index contributed by atoms with van der Waals surface area (Å²) >= 11 is 0. The average Bonchev–Trinajstić information content (AvgIpc) is 2.63. The molecule has 0 aliphatic rings. The van der Waals surface area contributed by atoms with Crippen LogP contribution < -0.4 is 10.1 Å². The first-order chi connectivity index (χ1) is 11.7. The summed E-state index contributed by atoms with van der Waals surface area (Å²) in [5.74, 6) is 0.727. The van der Waals surface area contributed by atoms with Gasteiger partial charge in [-0.2, -0.15) is 0 Å². The maximum Gasteiger partial charge on any atom is 0.269 e. The van der Waals surface area contributed by atoms with Gasteiger partial charge in [-0.05, 0) is 42.5 Å². The highest BCUT2D eigenvalue weighted by atomic mass is 16.6. The molecule has 24 heavy (non-hydrogen) atoms. The van der Waals surface area contributed by atoms with E-state index in [1.165, 1.54) is 12.1 Å². The van der Waals surface area contributed by atoms with Gasteiger partial charge in [-0.1, -0.05) is 6.07 Å². The Labute approximate surface area is 138 Å². The van der Waals surface area contributed by atoms with Crippen LogP contribution in [0.4, 0.5) is 17.1 Å². The molecule has 0 saturated carbocycles. The summed E-state index contributed by atoms with van der Waals surface area (Å²) in [5, 5.41) is 14.0. The van der Waals surface area contributed by atoms with Crippen molar-refractivity contribution in [1.82, 2.24) is 4.98 Å². The largest absolute Gasteiger partial charge is 0.497 e. The van der Waals surface area contributed by atoms with Crippen LogP contribution in [0.2, 0.25) is 0 Å². The first kappa shape index (κ1) is 15.5. The fourth-order valence-electron chi connectivity index (χ4n) is 2.32. The number of rotatable bonds is 5. The quantitative estimate of drug-likeness (QED) is 0.556. The van der Waals surface area contributed by atoms with E-state index in [-0.39, 0.29) is 5.69 Å². The van der Waals surface area contributed by atoms with Crippen molar-refractivity contribution in [2.24, 2.45) is 0 Å². The first-order valence-electron chi connectivity index (χ1n) is 7.28. The molecule has 0 atom stereocenters. The van der Waals surface area contributed by atoms with Crippen molar-refractivity contribution in [2.45, 2.75) is 0 Å². The number of anilines is 2. The van der Waals surface area contributed by atoms with E-state index in [1.54, 1.807) is 25.4 Å². The van der Waals surface area contributed by atoms with Crippen LogP contribution in [0.5, 0.6) is 5.75 Å². The number of nitro groups is 1. The molecule has 1 N–H and O–H groups in total. The molecular formula is C18H15N3O3. The second kappa shape index (κ2) is 6.78. The van der Waals surface area contributed by atoms with Crippen LogP contribution in [0.1, 0.15) is 0 Å². The Morgan fingerprint density at radius 2 is 1.88 bits per heavy atom. The van der Waals surface area contributed by atoms with Gasteiger partial charge in [-0.3, -0.25) is 15.1 Å². The standard InChI is InChI=1S/C18H15N3O3/c1-24-15-9-10-18(16(12-15)17-4-2-3-11-19-17)20-13-5-7-14(8-6-13)21(22)23/h2-12,20H,1H3. The van der Waals surface area contributed by atoms with Gasteiger partial charge in [-0.25, -0.2) is 0 Å². The molecule has 0 amide bonds. The van der Waals surface area contributed by atoms with Crippen molar-refractivity contribution in [2.75, 3.05) is 12.4 Å². The van der Waals surface area contributed by atoms with Gasteiger partial charge >= 0.3 is 0 Å². The highest BCUT2D eigenvalue weighted by Crippen LogP contribution is 2.32. The molecule has 6 heteroatoms. The van der Waals surface area contributed by atoms with Gasteiger partial charge in [0.15, 0.2) is 0 Å². The average molecular weight is 321 g/mol. The summed E-state index contributed by atoms with van der Waals surface area (Å²) in [5.41, 5.74) is 3.33. The van der Waals surface area contributed by atoms with Crippen LogP contribution in [0.25, 0.3) is 11.3 Å². The van der Waals surface area contributed by atoms with E-state index >= 15 is 0 Å². The highest BCUT2D eigenvalue weighted by molar-refractivity contribution is 5.80. The molecule has 3 aromatic rings. The van der Waals surface area contributed by atoms with Gasteiger partial charge in [-0.15, -0.1) is 0 Å². The summed E-state index contributed by atoms with van der Waals surface area (Å²) in [6.07, 6.45) is 1.73. The van der Waals surface area contributed by atoms with Gasteiger partial charge in [0.1, 0.15) is 5.75 Å². The minimum Gasteiger partial charge on any atom is -0.497 e. The van der Waals surface area contributed by atoms with Gasteiger partial charge < -0.3 is 10.1 Å². The number of hydrogen-bond acceptors (Lipinski definition) is 5. The summed E-state index contributed by atoms with van der Waals surface area (Å²) in [7, 11) is 1.61. The van der Waals surface area contributed by atoms with Crippen LogP contribution in [0.15, 0.2) is 66.9 Å². The summed E-state index contributed by atoms with van der Waals surface area (Å²) < 4.78 is 5.29. The monoisotopic (exact) mass is 321 g/mol. The zero-order chi connectivity index (χ0) is 16.9. The van der Waals surface area contributed by atoms with E-state index in [0.717, 1.165) is 28.4 Å². The summed E-state index contributed by atoms with van der Waals surface area (Å²) in [4.78, 5) is 14.7. The summed E-state index contributed by atoms with van der Waals surface area (Å²) in [6.45, 7) is 0. The fraction of sp³-hybridized carbons (Fsp3) is 0.0556. The van der Waals surface area contributed by atoms with Crippen LogP contribution in [0.3, 0.4) is 0 Å². The van der Waals surface area contributed by atoms with Gasteiger partial charge in [0, 0.05) is 35.3 Å². The predicted octanol–water partition coefficient (Wildman–Crippen LogP) is 4.41. The second-order valence-corrected chi connectivity index (χ2v) is 5.06. The molecule has 0 aliphatic heterocycles. The molecule has 120 valence electrons. The lowest BCUT2D eigenvalue weighted by molar-refractivity contribution is -0.384. The Balaban J connectivity index is 1.96. The number of aromatic nitrogens is 1. The highest BCUT2D eigenvalue weighted by Gasteiger charge is 2.10. The Bertz CT molecular complexity index is 849. The van der Waals surface area contributed by atoms with E-state index in [1.807, 2.05) is 36.4 Å². The molecule has 0 radical (unpaired) electrons. The van der Waals surface area contributed by atoms with Gasteiger partial charge in [0.05, 0.1) is 17.7 Å². The topological polar surface area (TPSA) is 77.3 Å². The predicted molar refractivity (Wildman–Crippen MR) is 92.6 cm³/mol. The normalized spacial score (nSPS) is 10.2. The Kier molecular flexibility index (Phi) is 4.38. The third-order valence-corrected chi connectivity index (χ3v) is 3.52. The van der Waals surface area contributed by atoms with E-state index in [0.29, 0.717) is 0 Å². The molecule has 6 nitrogen and oxygen atoms in total. The zero-order valence-corrected chi connectivity index (χ0v) is 13.0. The van der Waals surface area contributed by atoms with Crippen molar-refractivity contribution in [3.63, 3.8) is 0 Å². The number of nitrogens with one attached hydrogen (secondary N) is 1. The van der Waals surface area contributed by atoms with Crippen molar-refractivity contribution >= 4 is 17.1 Å². The van der Waals surface area contributed by atoms with E-state index in [9.17, 15) is 10.1 Å². The molecular weight excluding hydrogens is 306 g/mol. The number of methoxy groups -OCH3 is 1. The second-order valence-electron chi connectivity index (χ2n) is 5.06. The maximum atomic E-state index is 10.7. The zero-order valence-electron chi connectivity index (χ0n) is 13.0. The lowest BCUT2D eigenvalue weighted by atomic mass is 10.1. The van der Waals surface area contributed by atoms with Gasteiger partial charge in [0.2, 0.25) is 0 Å². The maximum absolute atomic E-state index is 10.7. The van der Waals surface area contributed by atoms with Crippen molar-refractivity contribution in [3.8, 4) is 17.0 Å². The van der Waals surface area contributed by atoms with Crippen LogP contribution in [-0.2, 0) is 0 Å². The number of nitro benzene ring substituents is 1. The van der Waals surface area contributed by atoms with E-state index < -0.39 is 4.92 Å². The smallest absolute Gasteiger partial charge is 0.269 e. The van der Waals surface area contributed by atoms with Gasteiger partial charge in [0.25, 0.3) is 5.69 Å². The molecule has 0 unspecified atom stereocenters. The SMILES string of the molecule is COc1ccc(Nc2ccc([N+](=O)[O-])cc2)c(-c2ccccn2)c1. The first-order valence-corrected chi connectivity index (χ1v) is 7.28. The molecule has 0 spiro atoms. The Hall–Kier alpha value is -3.41. The molecule has 1 heterocycles. The van der Waals surface area contributed by atoms with E-state index in [2.05, 4.69) is 10.3 Å².